The van der Waals surface area contributed by atoms with Gasteiger partial charge in [-0.25, -0.2) is 0 Å². The molecule has 1 nitrogen and oxygen atoms in total. The molecule has 1 N–H and O–H groups in total. The molecule has 0 aliphatic rings. The van der Waals surface area contributed by atoms with Gasteiger partial charge < -0.3 is 4.98 Å². The summed E-state index contributed by atoms with van der Waals surface area (Å²) in [6.07, 6.45) is 0. The van der Waals surface area contributed by atoms with Crippen molar-refractivity contribution in [1.82, 2.24) is 4.98 Å². The molecule has 0 fully saturated rings. The van der Waals surface area contributed by atoms with Gasteiger partial charge in [-0.3, -0.25) is 0 Å². The minimum atomic E-state index is 0.605. The largest absolute Gasteiger partial charge is 0.346 e. The van der Waals surface area contributed by atoms with Crippen LogP contribution in [-0.4, -0.2) is 4.98 Å². The van der Waals surface area contributed by atoms with E-state index in [1.165, 1.54) is 0 Å². The topological polar surface area (TPSA) is 15.8 Å². The molecule has 1 aromatic heterocycles. The van der Waals surface area contributed by atoms with Crippen LogP contribution in [0, 0.1) is 6.07 Å². The highest BCUT2D eigenvalue weighted by molar-refractivity contribution is 6.32. The van der Waals surface area contributed by atoms with Gasteiger partial charge in [-0.2, -0.15) is 0 Å². The maximum absolute atomic E-state index is 5.72. The van der Waals surface area contributed by atoms with Gasteiger partial charge in [0.2, 0.25) is 0 Å². The molecule has 0 aliphatic carbocycles. The third-order valence-corrected chi connectivity index (χ3v) is 1.89. The molecule has 1 heterocycles. The normalized spacial score (nSPS) is 10.7. The number of benzene rings is 1. The van der Waals surface area contributed by atoms with E-state index in [0.29, 0.717) is 10.2 Å². The van der Waals surface area contributed by atoms with E-state index in [1.54, 1.807) is 12.1 Å². The summed E-state index contributed by atoms with van der Waals surface area (Å²) in [5.41, 5.74) is 0.958. The van der Waals surface area contributed by atoms with Gasteiger partial charge in [0.05, 0.1) is 0 Å². The van der Waals surface area contributed by atoms with Crippen molar-refractivity contribution in [3.05, 3.63) is 34.4 Å². The van der Waals surface area contributed by atoms with E-state index in [0.717, 1.165) is 10.9 Å². The van der Waals surface area contributed by atoms with Crippen molar-refractivity contribution in [3.63, 3.8) is 0 Å². The maximum atomic E-state index is 5.72. The number of rotatable bonds is 0. The zero-order valence-corrected chi connectivity index (χ0v) is 7.00. The number of hydrogen-bond donors (Lipinski definition) is 1. The van der Waals surface area contributed by atoms with E-state index in [2.05, 4.69) is 11.1 Å². The number of fused-ring (bicyclic) bond motifs is 1. The predicted molar refractivity (Wildman–Crippen MR) is 47.2 cm³/mol. The van der Waals surface area contributed by atoms with Crippen molar-refractivity contribution < 1.29 is 0 Å². The number of hydrogen-bond acceptors (Lipinski definition) is 0. The molecule has 0 saturated carbocycles. The molecule has 11 heavy (non-hydrogen) atoms. The lowest BCUT2D eigenvalue weighted by molar-refractivity contribution is 1.47. The van der Waals surface area contributed by atoms with Crippen LogP contribution in [0.5, 0.6) is 0 Å². The Hall–Kier alpha value is -0.660. The Morgan fingerprint density at radius 3 is 2.91 bits per heavy atom. The third kappa shape index (κ3) is 1.22. The summed E-state index contributed by atoms with van der Waals surface area (Å²) >= 11 is 11.4. The highest BCUT2D eigenvalue weighted by atomic mass is 35.5. The van der Waals surface area contributed by atoms with Crippen LogP contribution < -0.4 is 0 Å². The van der Waals surface area contributed by atoms with Crippen molar-refractivity contribution in [2.75, 3.05) is 0 Å². The van der Waals surface area contributed by atoms with Crippen LogP contribution in [0.15, 0.2) is 18.2 Å². The van der Waals surface area contributed by atoms with Crippen molar-refractivity contribution in [3.8, 4) is 0 Å². The van der Waals surface area contributed by atoms with E-state index in [4.69, 9.17) is 23.2 Å². The van der Waals surface area contributed by atoms with Crippen molar-refractivity contribution in [2.45, 2.75) is 0 Å². The fraction of sp³-hybridized carbons (Fsp3) is 0. The van der Waals surface area contributed by atoms with Crippen LogP contribution in [0.2, 0.25) is 10.2 Å². The molecule has 0 bridgehead atoms. The summed E-state index contributed by atoms with van der Waals surface area (Å²) in [4.78, 5) is 2.96. The molecular formula is C8H4Cl2N. The van der Waals surface area contributed by atoms with Gasteiger partial charge in [0.1, 0.15) is 5.15 Å². The summed E-state index contributed by atoms with van der Waals surface area (Å²) in [5.74, 6) is 0. The molecule has 0 saturated heterocycles. The third-order valence-electron chi connectivity index (χ3n) is 1.47. The summed E-state index contributed by atoms with van der Waals surface area (Å²) in [6.45, 7) is 0. The van der Waals surface area contributed by atoms with E-state index in [9.17, 15) is 0 Å². The molecule has 55 valence electrons. The molecule has 0 spiro atoms. The standard InChI is InChI=1S/C8H4Cl2N/c9-6-1-2-7-5(3-6)4-8(10)11-7/h1-2,4,11H. The zero-order chi connectivity index (χ0) is 7.84. The number of aromatic nitrogens is 1. The van der Waals surface area contributed by atoms with Gasteiger partial charge in [-0.15, -0.1) is 0 Å². The van der Waals surface area contributed by atoms with Crippen LogP contribution in [0.1, 0.15) is 0 Å². The van der Waals surface area contributed by atoms with Crippen molar-refractivity contribution >= 4 is 34.1 Å². The van der Waals surface area contributed by atoms with E-state index in [1.807, 2.05) is 6.07 Å². The first-order valence-corrected chi connectivity index (χ1v) is 3.87. The number of aromatic amines is 1. The first kappa shape index (κ1) is 7.01. The lowest BCUT2D eigenvalue weighted by atomic mass is 10.2. The Kier molecular flexibility index (Phi) is 1.55. The predicted octanol–water partition coefficient (Wildman–Crippen LogP) is 3.27. The van der Waals surface area contributed by atoms with Gasteiger partial charge in [0.25, 0.3) is 0 Å². The second-order valence-electron chi connectivity index (χ2n) is 2.25. The van der Waals surface area contributed by atoms with Gasteiger partial charge in [-0.05, 0) is 18.2 Å². The monoisotopic (exact) mass is 184 g/mol. The Morgan fingerprint density at radius 2 is 2.09 bits per heavy atom. The first-order chi connectivity index (χ1) is 5.25. The first-order valence-electron chi connectivity index (χ1n) is 3.12. The minimum absolute atomic E-state index is 0.605. The Morgan fingerprint density at radius 1 is 1.27 bits per heavy atom. The number of H-pyrrole nitrogens is 1. The van der Waals surface area contributed by atoms with E-state index >= 15 is 0 Å². The van der Waals surface area contributed by atoms with E-state index in [-0.39, 0.29) is 0 Å². The molecule has 3 heteroatoms. The molecule has 2 rings (SSSR count). The van der Waals surface area contributed by atoms with Crippen LogP contribution in [-0.2, 0) is 0 Å². The van der Waals surface area contributed by atoms with Crippen molar-refractivity contribution in [2.24, 2.45) is 0 Å². The van der Waals surface area contributed by atoms with Crippen LogP contribution >= 0.6 is 23.2 Å². The molecule has 0 amide bonds. The fourth-order valence-corrected chi connectivity index (χ4v) is 1.37. The molecule has 1 aromatic carbocycles. The summed E-state index contributed by atoms with van der Waals surface area (Å²) in [6, 6.07) is 8.40. The average Bonchev–Trinajstić information content (AvgIpc) is 2.27. The van der Waals surface area contributed by atoms with Crippen LogP contribution in [0.4, 0.5) is 0 Å². The van der Waals surface area contributed by atoms with Crippen LogP contribution in [0.25, 0.3) is 10.9 Å². The summed E-state index contributed by atoms with van der Waals surface area (Å²) in [5, 5.41) is 2.13. The van der Waals surface area contributed by atoms with Gasteiger partial charge >= 0.3 is 0 Å². The molecule has 0 atom stereocenters. The van der Waals surface area contributed by atoms with Gasteiger partial charge in [-0.1, -0.05) is 23.2 Å². The Labute approximate surface area is 73.9 Å². The van der Waals surface area contributed by atoms with Crippen molar-refractivity contribution in [1.29, 1.82) is 0 Å². The minimum Gasteiger partial charge on any atom is -0.346 e. The Balaban J connectivity index is 2.82. The highest BCUT2D eigenvalue weighted by Crippen LogP contribution is 2.21. The highest BCUT2D eigenvalue weighted by Gasteiger charge is 1.98. The van der Waals surface area contributed by atoms with Crippen LogP contribution in [0.3, 0.4) is 0 Å². The lowest BCUT2D eigenvalue weighted by Gasteiger charge is -1.87. The Bertz CT molecular complexity index is 392. The molecular weight excluding hydrogens is 181 g/mol. The fourth-order valence-electron chi connectivity index (χ4n) is 0.998. The zero-order valence-electron chi connectivity index (χ0n) is 5.49. The molecule has 0 aliphatic heterocycles. The lowest BCUT2D eigenvalue weighted by Crippen LogP contribution is -1.66. The maximum Gasteiger partial charge on any atom is 0.107 e. The molecule has 0 unspecified atom stereocenters. The summed E-state index contributed by atoms with van der Waals surface area (Å²) < 4.78 is 0. The van der Waals surface area contributed by atoms with E-state index < -0.39 is 0 Å². The second kappa shape index (κ2) is 2.43. The number of halogens is 2. The molecule has 2 aromatic rings. The molecule has 1 radical (unpaired) electrons. The average molecular weight is 185 g/mol. The van der Waals surface area contributed by atoms with Gasteiger partial charge in [0.15, 0.2) is 0 Å². The quantitative estimate of drug-likeness (QED) is 0.648. The number of nitrogens with one attached hydrogen (secondary N) is 1. The second-order valence-corrected chi connectivity index (χ2v) is 3.07. The summed E-state index contributed by atoms with van der Waals surface area (Å²) in [7, 11) is 0. The van der Waals surface area contributed by atoms with Gasteiger partial charge in [0, 0.05) is 22.0 Å². The smallest absolute Gasteiger partial charge is 0.107 e. The SMILES string of the molecule is Clc1[c]c2cc(Cl)[nH]c2cc1.